The summed E-state index contributed by atoms with van der Waals surface area (Å²) in [5.74, 6) is -0.317. The number of hydrogen-bond acceptors (Lipinski definition) is 4. The number of rotatable bonds is 14. The maximum Gasteiger partial charge on any atom is 0.243 e. The molecule has 0 aromatic heterocycles. The highest BCUT2D eigenvalue weighted by atomic mass is 32.2. The Morgan fingerprint density at radius 1 is 0.689 bits per heavy atom. The number of amides is 2. The summed E-state index contributed by atoms with van der Waals surface area (Å²) >= 11 is 0. The Kier molecular flexibility index (Phi) is 11.2. The van der Waals surface area contributed by atoms with Gasteiger partial charge in [0.2, 0.25) is 21.8 Å². The lowest BCUT2D eigenvalue weighted by Crippen LogP contribution is -2.50. The molecule has 8 heteroatoms. The summed E-state index contributed by atoms with van der Waals surface area (Å²) in [5.41, 5.74) is 3.92. The second-order valence-corrected chi connectivity index (χ2v) is 13.4. The number of carbonyl (C=O) groups excluding carboxylic acids is 2. The zero-order valence-electron chi connectivity index (χ0n) is 25.6. The number of carbonyl (C=O) groups is 2. The smallest absolute Gasteiger partial charge is 0.243 e. The van der Waals surface area contributed by atoms with E-state index in [2.05, 4.69) is 5.32 Å². The van der Waals surface area contributed by atoms with Crippen LogP contribution in [0.5, 0.6) is 0 Å². The molecular formula is C37H41N3O4S. The third-order valence-corrected chi connectivity index (χ3v) is 10.2. The topological polar surface area (TPSA) is 86.8 Å². The molecule has 0 bridgehead atoms. The molecule has 0 saturated carbocycles. The average Bonchev–Trinajstić information content (AvgIpc) is 3.63. The molecule has 1 fully saturated rings. The molecule has 5 rings (SSSR count). The van der Waals surface area contributed by atoms with E-state index in [4.69, 9.17) is 0 Å². The first-order valence-electron chi connectivity index (χ1n) is 15.7. The van der Waals surface area contributed by atoms with E-state index in [-0.39, 0.29) is 23.1 Å². The molecule has 2 amide bonds. The van der Waals surface area contributed by atoms with Gasteiger partial charge in [-0.15, -0.1) is 0 Å². The van der Waals surface area contributed by atoms with Crippen molar-refractivity contribution in [2.75, 3.05) is 19.6 Å². The van der Waals surface area contributed by atoms with Gasteiger partial charge in [-0.2, -0.15) is 4.31 Å². The van der Waals surface area contributed by atoms with Gasteiger partial charge in [0, 0.05) is 39.0 Å². The van der Waals surface area contributed by atoms with Gasteiger partial charge in [0.05, 0.1) is 4.90 Å². The van der Waals surface area contributed by atoms with Gasteiger partial charge in [0.15, 0.2) is 0 Å². The normalized spacial score (nSPS) is 14.1. The molecule has 4 aromatic rings. The van der Waals surface area contributed by atoms with Gasteiger partial charge < -0.3 is 10.2 Å². The maximum absolute atomic E-state index is 14.0. The van der Waals surface area contributed by atoms with Crippen LogP contribution < -0.4 is 5.32 Å². The van der Waals surface area contributed by atoms with E-state index < -0.39 is 16.1 Å². The highest BCUT2D eigenvalue weighted by Gasteiger charge is 2.30. The number of nitrogens with one attached hydrogen (secondary N) is 1. The number of nitrogens with zero attached hydrogens (tertiary/aromatic N) is 2. The fourth-order valence-electron chi connectivity index (χ4n) is 5.73. The fourth-order valence-corrected chi connectivity index (χ4v) is 7.24. The molecule has 1 heterocycles. The summed E-state index contributed by atoms with van der Waals surface area (Å²) < 4.78 is 27.4. The van der Waals surface area contributed by atoms with E-state index >= 15 is 0 Å². The van der Waals surface area contributed by atoms with Crippen molar-refractivity contribution in [3.05, 3.63) is 138 Å². The van der Waals surface area contributed by atoms with Crippen molar-refractivity contribution in [3.8, 4) is 0 Å². The highest BCUT2D eigenvalue weighted by molar-refractivity contribution is 7.89. The Balaban J connectivity index is 1.33. The molecule has 1 aliphatic rings. The number of sulfonamides is 1. The van der Waals surface area contributed by atoms with Crippen molar-refractivity contribution in [2.45, 2.75) is 56.0 Å². The van der Waals surface area contributed by atoms with Crippen molar-refractivity contribution < 1.29 is 18.0 Å². The molecule has 0 aliphatic carbocycles. The monoisotopic (exact) mass is 623 g/mol. The first-order chi connectivity index (χ1) is 21.9. The minimum atomic E-state index is -3.50. The van der Waals surface area contributed by atoms with E-state index in [1.54, 1.807) is 29.2 Å². The van der Waals surface area contributed by atoms with Crippen LogP contribution in [0.2, 0.25) is 0 Å². The Morgan fingerprint density at radius 2 is 1.22 bits per heavy atom. The Bertz CT molecular complexity index is 1620. The molecule has 7 nitrogen and oxygen atoms in total. The van der Waals surface area contributed by atoms with E-state index in [0.29, 0.717) is 45.4 Å². The predicted molar refractivity (Wildman–Crippen MR) is 177 cm³/mol. The van der Waals surface area contributed by atoms with Gasteiger partial charge in [0.25, 0.3) is 0 Å². The number of aryl methyl sites for hydroxylation is 1. The summed E-state index contributed by atoms with van der Waals surface area (Å²) in [6.45, 7) is 1.88. The van der Waals surface area contributed by atoms with E-state index in [9.17, 15) is 18.0 Å². The fraction of sp³-hybridized carbons (Fsp3) is 0.297. The minimum absolute atomic E-state index is 0.133. The quantitative estimate of drug-likeness (QED) is 0.204. The zero-order chi connectivity index (χ0) is 31.5. The van der Waals surface area contributed by atoms with Crippen LogP contribution in [0.15, 0.2) is 120 Å². The summed E-state index contributed by atoms with van der Waals surface area (Å²) in [6, 6.07) is 35.6. The van der Waals surface area contributed by atoms with Gasteiger partial charge in [-0.1, -0.05) is 103 Å². The molecule has 0 unspecified atom stereocenters. The summed E-state index contributed by atoms with van der Waals surface area (Å²) in [4.78, 5) is 29.8. The van der Waals surface area contributed by atoms with Crippen molar-refractivity contribution in [1.82, 2.24) is 14.5 Å². The van der Waals surface area contributed by atoms with E-state index in [1.165, 1.54) is 4.31 Å². The third-order valence-electron chi connectivity index (χ3n) is 8.28. The van der Waals surface area contributed by atoms with Gasteiger partial charge in [0.1, 0.15) is 6.04 Å². The Morgan fingerprint density at radius 3 is 1.82 bits per heavy atom. The lowest BCUT2D eigenvalue weighted by Gasteiger charge is -2.31. The van der Waals surface area contributed by atoms with E-state index in [0.717, 1.165) is 35.1 Å². The van der Waals surface area contributed by atoms with Crippen LogP contribution in [0.25, 0.3) is 0 Å². The standard InChI is InChI=1S/C37H41N3O4S/c41-36(23-20-31-18-21-34(22-19-31)45(43,44)39-26-10-11-27-39)40(29-33-16-8-3-9-17-33)35(28-32-14-6-2-7-15-32)37(42)38-25-24-30-12-4-1-5-13-30/h1-9,12-19,21-22,35H,10-11,20,23-29H2,(H,38,42)/t35-/m1/s1. The zero-order valence-corrected chi connectivity index (χ0v) is 26.4. The minimum Gasteiger partial charge on any atom is -0.354 e. The summed E-state index contributed by atoms with van der Waals surface area (Å²) in [7, 11) is -3.50. The van der Waals surface area contributed by atoms with Gasteiger partial charge in [-0.25, -0.2) is 8.42 Å². The molecule has 45 heavy (non-hydrogen) atoms. The summed E-state index contributed by atoms with van der Waals surface area (Å²) in [5, 5.41) is 3.10. The first-order valence-corrected chi connectivity index (χ1v) is 17.1. The molecule has 1 aliphatic heterocycles. The Labute approximate surface area is 266 Å². The van der Waals surface area contributed by atoms with Crippen LogP contribution in [0.1, 0.15) is 41.5 Å². The largest absolute Gasteiger partial charge is 0.354 e. The second-order valence-electron chi connectivity index (χ2n) is 11.5. The molecule has 1 N–H and O–H groups in total. The number of benzene rings is 4. The molecule has 0 radical (unpaired) electrons. The van der Waals surface area contributed by atoms with Gasteiger partial charge >= 0.3 is 0 Å². The van der Waals surface area contributed by atoms with Crippen molar-refractivity contribution in [3.63, 3.8) is 0 Å². The SMILES string of the molecule is O=C(NCCc1ccccc1)[C@@H](Cc1ccccc1)N(Cc1ccccc1)C(=O)CCc1ccc(S(=O)(=O)N2CCCC2)cc1. The lowest BCUT2D eigenvalue weighted by molar-refractivity contribution is -0.141. The van der Waals surface area contributed by atoms with Crippen LogP contribution >= 0.6 is 0 Å². The van der Waals surface area contributed by atoms with E-state index in [1.807, 2.05) is 91.0 Å². The third kappa shape index (κ3) is 8.90. The van der Waals surface area contributed by atoms with Crippen LogP contribution in [-0.4, -0.2) is 55.1 Å². The van der Waals surface area contributed by atoms with Crippen molar-refractivity contribution in [2.24, 2.45) is 0 Å². The molecule has 1 atom stereocenters. The maximum atomic E-state index is 14.0. The average molecular weight is 624 g/mol. The number of hydrogen-bond donors (Lipinski definition) is 1. The van der Waals surface area contributed by atoms with Crippen molar-refractivity contribution >= 4 is 21.8 Å². The highest BCUT2D eigenvalue weighted by Crippen LogP contribution is 2.22. The van der Waals surface area contributed by atoms with Crippen LogP contribution in [-0.2, 0) is 45.4 Å². The second kappa shape index (κ2) is 15.6. The molecule has 234 valence electrons. The van der Waals surface area contributed by atoms with Crippen LogP contribution in [0, 0.1) is 0 Å². The molecule has 1 saturated heterocycles. The molecule has 4 aromatic carbocycles. The molecule has 0 spiro atoms. The summed E-state index contributed by atoms with van der Waals surface area (Å²) in [6.07, 6.45) is 3.47. The van der Waals surface area contributed by atoms with Crippen molar-refractivity contribution in [1.29, 1.82) is 0 Å². The first kappa shape index (κ1) is 32.1. The van der Waals surface area contributed by atoms with Crippen LogP contribution in [0.3, 0.4) is 0 Å². The molecular weight excluding hydrogens is 582 g/mol. The van der Waals surface area contributed by atoms with Crippen LogP contribution in [0.4, 0.5) is 0 Å². The van der Waals surface area contributed by atoms with Gasteiger partial charge in [-0.3, -0.25) is 9.59 Å². The predicted octanol–water partition coefficient (Wildman–Crippen LogP) is 5.40. The van der Waals surface area contributed by atoms with Gasteiger partial charge in [-0.05, 0) is 60.1 Å². The lowest BCUT2D eigenvalue weighted by atomic mass is 10.0. The Hall–Kier alpha value is -4.27.